The molecule has 2 atom stereocenters. The fourth-order valence-electron chi connectivity index (χ4n) is 0.721. The largest absolute Gasteiger partial charge is 0.405 e. The van der Waals surface area contributed by atoms with Gasteiger partial charge in [0.15, 0.2) is 0 Å². The van der Waals surface area contributed by atoms with E-state index in [9.17, 15) is 17.4 Å². The van der Waals surface area contributed by atoms with E-state index in [1.165, 1.54) is 0 Å². The minimum atomic E-state index is -4.41. The molecular weight excluding hydrogens is 227 g/mol. The summed E-state index contributed by atoms with van der Waals surface area (Å²) in [6.45, 7) is 8.07. The Morgan fingerprint density at radius 2 is 1.87 bits per heavy atom. The van der Waals surface area contributed by atoms with E-state index in [1.807, 2.05) is 0 Å². The highest BCUT2D eigenvalue weighted by molar-refractivity contribution is 7.84. The van der Waals surface area contributed by atoms with E-state index in [2.05, 4.69) is 11.3 Å². The molecule has 0 saturated heterocycles. The molecule has 0 aromatic carbocycles. The summed E-state index contributed by atoms with van der Waals surface area (Å²) >= 11 is 0. The zero-order valence-electron chi connectivity index (χ0n) is 9.02. The molecule has 0 rings (SSSR count). The number of hydrogen-bond acceptors (Lipinski definition) is 1. The summed E-state index contributed by atoms with van der Waals surface area (Å²) in [5.74, 6) is 0. The number of alkyl halides is 3. The predicted molar refractivity (Wildman–Crippen MR) is 55.7 cm³/mol. The Morgan fingerprint density at radius 3 is 2.13 bits per heavy atom. The van der Waals surface area contributed by atoms with Crippen molar-refractivity contribution in [3.05, 3.63) is 12.7 Å². The van der Waals surface area contributed by atoms with Crippen molar-refractivity contribution in [2.75, 3.05) is 0 Å². The molecule has 0 aliphatic rings. The fraction of sp³-hybridized carbons (Fsp3) is 0.778. The first-order valence-electron chi connectivity index (χ1n) is 4.44. The van der Waals surface area contributed by atoms with Gasteiger partial charge in [-0.2, -0.15) is 13.2 Å². The van der Waals surface area contributed by atoms with Gasteiger partial charge >= 0.3 is 6.18 Å². The predicted octanol–water partition coefficient (Wildman–Crippen LogP) is 2.55. The van der Waals surface area contributed by atoms with Crippen molar-refractivity contribution in [1.82, 2.24) is 4.72 Å². The zero-order chi connectivity index (χ0) is 12.3. The van der Waals surface area contributed by atoms with Gasteiger partial charge in [-0.3, -0.25) is 0 Å². The van der Waals surface area contributed by atoms with Crippen LogP contribution in [0.1, 0.15) is 27.2 Å². The Kier molecular flexibility index (Phi) is 4.99. The SMILES string of the molecule is C=CC[C@@H](N[S@](=O)C(C)(C)C)C(F)(F)F. The average molecular weight is 243 g/mol. The van der Waals surface area contributed by atoms with Gasteiger partial charge in [-0.1, -0.05) is 6.08 Å². The molecule has 0 aromatic heterocycles. The third kappa shape index (κ3) is 5.32. The Hall–Kier alpha value is -0.360. The van der Waals surface area contributed by atoms with E-state index >= 15 is 0 Å². The summed E-state index contributed by atoms with van der Waals surface area (Å²) < 4.78 is 50.1. The van der Waals surface area contributed by atoms with Crippen LogP contribution in [0.15, 0.2) is 12.7 Å². The molecule has 1 N–H and O–H groups in total. The van der Waals surface area contributed by atoms with E-state index in [4.69, 9.17) is 0 Å². The lowest BCUT2D eigenvalue weighted by molar-refractivity contribution is -0.150. The smallest absolute Gasteiger partial charge is 0.242 e. The highest BCUT2D eigenvalue weighted by Gasteiger charge is 2.40. The zero-order valence-corrected chi connectivity index (χ0v) is 9.84. The maximum absolute atomic E-state index is 12.4. The van der Waals surface area contributed by atoms with Crippen molar-refractivity contribution in [1.29, 1.82) is 0 Å². The Labute approximate surface area is 90.5 Å². The Balaban J connectivity index is 4.57. The van der Waals surface area contributed by atoms with E-state index < -0.39 is 28.0 Å². The summed E-state index contributed by atoms with van der Waals surface area (Å²) in [5, 5.41) is 0. The molecule has 0 amide bonds. The molecule has 0 bridgehead atoms. The number of nitrogens with one attached hydrogen (secondary N) is 1. The quantitative estimate of drug-likeness (QED) is 0.755. The Morgan fingerprint density at radius 1 is 1.40 bits per heavy atom. The normalized spacial score (nSPS) is 17.2. The summed E-state index contributed by atoms with van der Waals surface area (Å²) in [7, 11) is -1.73. The molecule has 0 fully saturated rings. The van der Waals surface area contributed by atoms with Crippen LogP contribution in [0.2, 0.25) is 0 Å². The van der Waals surface area contributed by atoms with Gasteiger partial charge in [-0.25, -0.2) is 8.93 Å². The lowest BCUT2D eigenvalue weighted by atomic mass is 10.2. The lowest BCUT2D eigenvalue weighted by Crippen LogP contribution is -2.47. The van der Waals surface area contributed by atoms with E-state index in [-0.39, 0.29) is 6.42 Å². The standard InChI is InChI=1S/C9H16F3NOS/c1-5-6-7(9(10,11)12)13-15(14)8(2,3)4/h5,7,13H,1,6H2,2-4H3/t7-,15-/m1/s1. The summed E-state index contributed by atoms with van der Waals surface area (Å²) in [5.41, 5.74) is 0. The van der Waals surface area contributed by atoms with Crippen LogP contribution in [-0.2, 0) is 11.0 Å². The second-order valence-electron chi connectivity index (χ2n) is 4.12. The summed E-state index contributed by atoms with van der Waals surface area (Å²) in [6, 6.07) is -1.80. The third-order valence-corrected chi connectivity index (χ3v) is 3.21. The lowest BCUT2D eigenvalue weighted by Gasteiger charge is -2.25. The van der Waals surface area contributed by atoms with Crippen LogP contribution < -0.4 is 4.72 Å². The molecule has 0 unspecified atom stereocenters. The van der Waals surface area contributed by atoms with Gasteiger partial charge in [0.05, 0.1) is 15.7 Å². The fourth-order valence-corrected chi connectivity index (χ4v) is 1.56. The van der Waals surface area contributed by atoms with E-state index in [0.717, 1.165) is 6.08 Å². The van der Waals surface area contributed by atoms with Crippen molar-refractivity contribution >= 4 is 11.0 Å². The molecule has 6 heteroatoms. The maximum atomic E-state index is 12.4. The molecular formula is C9H16F3NOS. The van der Waals surface area contributed by atoms with Crippen molar-refractivity contribution in [3.63, 3.8) is 0 Å². The van der Waals surface area contributed by atoms with E-state index in [0.29, 0.717) is 0 Å². The Bertz CT molecular complexity index is 245. The van der Waals surface area contributed by atoms with Crippen LogP contribution in [0.3, 0.4) is 0 Å². The van der Waals surface area contributed by atoms with E-state index in [1.54, 1.807) is 20.8 Å². The first kappa shape index (κ1) is 14.6. The molecule has 0 aromatic rings. The number of hydrogen-bond donors (Lipinski definition) is 1. The van der Waals surface area contributed by atoms with Gasteiger partial charge < -0.3 is 0 Å². The van der Waals surface area contributed by atoms with Gasteiger partial charge in [0.25, 0.3) is 0 Å². The molecule has 0 radical (unpaired) electrons. The first-order chi connectivity index (χ1) is 6.59. The average Bonchev–Trinajstić information content (AvgIpc) is 1.99. The van der Waals surface area contributed by atoms with Crippen LogP contribution in [-0.4, -0.2) is 21.2 Å². The second-order valence-corrected chi connectivity index (χ2v) is 6.12. The molecule has 0 aliphatic carbocycles. The van der Waals surface area contributed by atoms with Gasteiger partial charge in [-0.15, -0.1) is 6.58 Å². The molecule has 2 nitrogen and oxygen atoms in total. The van der Waals surface area contributed by atoms with Gasteiger partial charge in [0, 0.05) is 0 Å². The molecule has 90 valence electrons. The molecule has 15 heavy (non-hydrogen) atoms. The number of rotatable bonds is 4. The second kappa shape index (κ2) is 5.12. The van der Waals surface area contributed by atoms with Crippen LogP contribution in [0.5, 0.6) is 0 Å². The minimum absolute atomic E-state index is 0.286. The maximum Gasteiger partial charge on any atom is 0.405 e. The molecule has 0 aliphatic heterocycles. The highest BCUT2D eigenvalue weighted by Crippen LogP contribution is 2.24. The van der Waals surface area contributed by atoms with Crippen molar-refractivity contribution in [2.24, 2.45) is 0 Å². The van der Waals surface area contributed by atoms with Gasteiger partial charge in [0.2, 0.25) is 0 Å². The summed E-state index contributed by atoms with van der Waals surface area (Å²) in [4.78, 5) is 0. The van der Waals surface area contributed by atoms with Crippen LogP contribution >= 0.6 is 0 Å². The van der Waals surface area contributed by atoms with Crippen LogP contribution in [0.25, 0.3) is 0 Å². The first-order valence-corrected chi connectivity index (χ1v) is 5.59. The summed E-state index contributed by atoms with van der Waals surface area (Å²) in [6.07, 6.45) is -3.54. The molecule has 0 saturated carbocycles. The van der Waals surface area contributed by atoms with Gasteiger partial charge in [0.1, 0.15) is 6.04 Å². The van der Waals surface area contributed by atoms with Crippen molar-refractivity contribution in [3.8, 4) is 0 Å². The van der Waals surface area contributed by atoms with Crippen molar-refractivity contribution in [2.45, 2.75) is 44.2 Å². The third-order valence-electron chi connectivity index (χ3n) is 1.60. The van der Waals surface area contributed by atoms with Crippen molar-refractivity contribution < 1.29 is 17.4 Å². The van der Waals surface area contributed by atoms with Crippen LogP contribution in [0, 0.1) is 0 Å². The monoisotopic (exact) mass is 243 g/mol. The topological polar surface area (TPSA) is 29.1 Å². The molecule has 0 heterocycles. The molecule has 0 spiro atoms. The van der Waals surface area contributed by atoms with Gasteiger partial charge in [-0.05, 0) is 27.2 Å². The minimum Gasteiger partial charge on any atom is -0.242 e. The van der Waals surface area contributed by atoms with Crippen LogP contribution in [0.4, 0.5) is 13.2 Å². The number of halogens is 3. The highest BCUT2D eigenvalue weighted by atomic mass is 32.2.